The molecular formula is C13H11N3OS. The number of benzene rings is 1. The summed E-state index contributed by atoms with van der Waals surface area (Å²) in [6.45, 7) is 3.70. The van der Waals surface area contributed by atoms with Crippen LogP contribution in [0.1, 0.15) is 16.8 Å². The van der Waals surface area contributed by atoms with Crippen LogP contribution >= 0.6 is 11.8 Å². The first-order valence-corrected chi connectivity index (χ1v) is 6.14. The van der Waals surface area contributed by atoms with Gasteiger partial charge < -0.3 is 5.11 Å². The summed E-state index contributed by atoms with van der Waals surface area (Å²) in [6.07, 6.45) is 0. The van der Waals surface area contributed by atoms with Gasteiger partial charge in [0.15, 0.2) is 0 Å². The average molecular weight is 257 g/mol. The van der Waals surface area contributed by atoms with E-state index in [0.29, 0.717) is 10.6 Å². The van der Waals surface area contributed by atoms with Crippen LogP contribution in [-0.2, 0) is 0 Å². The summed E-state index contributed by atoms with van der Waals surface area (Å²) in [5.41, 5.74) is 2.18. The number of aryl methyl sites for hydroxylation is 1. The van der Waals surface area contributed by atoms with Crippen molar-refractivity contribution in [3.05, 3.63) is 41.1 Å². The standard InChI is InChI=1S/C13H11N3OS/c1-8-9(2)15-16-13(12(8)7-14)18-11-5-3-10(17)4-6-11/h3-6,17H,1-2H3. The lowest BCUT2D eigenvalue weighted by Gasteiger charge is -2.06. The van der Waals surface area contributed by atoms with Crippen LogP contribution in [0.2, 0.25) is 0 Å². The van der Waals surface area contributed by atoms with Crippen molar-refractivity contribution in [1.29, 1.82) is 5.26 Å². The summed E-state index contributed by atoms with van der Waals surface area (Å²) in [7, 11) is 0. The topological polar surface area (TPSA) is 69.8 Å². The largest absolute Gasteiger partial charge is 0.508 e. The summed E-state index contributed by atoms with van der Waals surface area (Å²) in [4.78, 5) is 0.904. The number of aromatic nitrogens is 2. The van der Waals surface area contributed by atoms with Crippen LogP contribution < -0.4 is 0 Å². The van der Waals surface area contributed by atoms with Gasteiger partial charge in [-0.3, -0.25) is 0 Å². The summed E-state index contributed by atoms with van der Waals surface area (Å²) < 4.78 is 0. The minimum atomic E-state index is 0.214. The highest BCUT2D eigenvalue weighted by atomic mass is 32.2. The van der Waals surface area contributed by atoms with Crippen LogP contribution in [0.3, 0.4) is 0 Å². The predicted octanol–water partition coefficient (Wildman–Crippen LogP) is 2.82. The molecule has 0 unspecified atom stereocenters. The molecule has 0 amide bonds. The van der Waals surface area contributed by atoms with Crippen LogP contribution in [-0.4, -0.2) is 15.3 Å². The Kier molecular flexibility index (Phi) is 3.49. The average Bonchev–Trinajstić information content (AvgIpc) is 2.37. The molecule has 0 bridgehead atoms. The summed E-state index contributed by atoms with van der Waals surface area (Å²) in [5.74, 6) is 0.214. The molecule has 0 aliphatic rings. The number of hydrogen-bond donors (Lipinski definition) is 1. The summed E-state index contributed by atoms with van der Waals surface area (Å²) in [6, 6.07) is 8.92. The first kappa shape index (κ1) is 12.4. The van der Waals surface area contributed by atoms with E-state index in [4.69, 9.17) is 0 Å². The molecule has 1 aromatic heterocycles. The van der Waals surface area contributed by atoms with Gasteiger partial charge in [-0.05, 0) is 43.7 Å². The molecule has 2 aromatic rings. The lowest BCUT2D eigenvalue weighted by molar-refractivity contribution is 0.475. The van der Waals surface area contributed by atoms with Gasteiger partial charge in [0.05, 0.1) is 11.3 Å². The van der Waals surface area contributed by atoms with Gasteiger partial charge in [0.2, 0.25) is 0 Å². The van der Waals surface area contributed by atoms with Gasteiger partial charge in [0, 0.05) is 4.90 Å². The molecule has 0 aliphatic carbocycles. The van der Waals surface area contributed by atoms with E-state index in [1.54, 1.807) is 24.3 Å². The lowest BCUT2D eigenvalue weighted by atomic mass is 10.1. The van der Waals surface area contributed by atoms with Crippen molar-refractivity contribution in [2.75, 3.05) is 0 Å². The molecule has 0 radical (unpaired) electrons. The van der Waals surface area contributed by atoms with Crippen LogP contribution in [0, 0.1) is 25.2 Å². The van der Waals surface area contributed by atoms with Crippen molar-refractivity contribution < 1.29 is 5.11 Å². The van der Waals surface area contributed by atoms with E-state index in [9.17, 15) is 10.4 Å². The zero-order chi connectivity index (χ0) is 13.1. The zero-order valence-corrected chi connectivity index (χ0v) is 10.8. The van der Waals surface area contributed by atoms with E-state index < -0.39 is 0 Å². The molecular weight excluding hydrogens is 246 g/mol. The Morgan fingerprint density at radius 2 is 1.83 bits per heavy atom. The highest BCUT2D eigenvalue weighted by Crippen LogP contribution is 2.30. The monoisotopic (exact) mass is 257 g/mol. The van der Waals surface area contributed by atoms with Crippen molar-refractivity contribution in [1.82, 2.24) is 10.2 Å². The molecule has 0 saturated heterocycles. The number of aromatic hydroxyl groups is 1. The number of nitrogens with zero attached hydrogens (tertiary/aromatic N) is 3. The van der Waals surface area contributed by atoms with Crippen LogP contribution in [0.5, 0.6) is 5.75 Å². The van der Waals surface area contributed by atoms with Crippen LogP contribution in [0.4, 0.5) is 0 Å². The lowest BCUT2D eigenvalue weighted by Crippen LogP contribution is -1.98. The van der Waals surface area contributed by atoms with Gasteiger partial charge in [-0.15, -0.1) is 5.10 Å². The summed E-state index contributed by atoms with van der Waals surface area (Å²) >= 11 is 1.36. The third kappa shape index (κ3) is 2.44. The molecule has 1 N–H and O–H groups in total. The second-order valence-electron chi connectivity index (χ2n) is 3.80. The second kappa shape index (κ2) is 5.07. The molecule has 0 spiro atoms. The fourth-order valence-electron chi connectivity index (χ4n) is 1.42. The quantitative estimate of drug-likeness (QED) is 0.895. The van der Waals surface area contributed by atoms with Gasteiger partial charge in [-0.2, -0.15) is 10.4 Å². The normalized spacial score (nSPS) is 10.1. The van der Waals surface area contributed by atoms with Gasteiger partial charge in [-0.1, -0.05) is 11.8 Å². The van der Waals surface area contributed by atoms with Gasteiger partial charge >= 0.3 is 0 Å². The molecule has 18 heavy (non-hydrogen) atoms. The number of nitriles is 1. The van der Waals surface area contributed by atoms with E-state index in [1.807, 2.05) is 13.8 Å². The maximum atomic E-state index is 9.21. The number of phenolic OH excluding ortho intramolecular Hbond substituents is 1. The van der Waals surface area contributed by atoms with Gasteiger partial charge in [0.25, 0.3) is 0 Å². The molecule has 0 saturated carbocycles. The van der Waals surface area contributed by atoms with E-state index in [2.05, 4.69) is 16.3 Å². The van der Waals surface area contributed by atoms with Crippen molar-refractivity contribution in [3.63, 3.8) is 0 Å². The highest BCUT2D eigenvalue weighted by Gasteiger charge is 2.11. The van der Waals surface area contributed by atoms with Crippen molar-refractivity contribution in [2.24, 2.45) is 0 Å². The zero-order valence-electron chi connectivity index (χ0n) is 10.0. The van der Waals surface area contributed by atoms with E-state index in [-0.39, 0.29) is 5.75 Å². The Labute approximate surface area is 109 Å². The molecule has 0 atom stereocenters. The highest BCUT2D eigenvalue weighted by molar-refractivity contribution is 7.99. The maximum absolute atomic E-state index is 9.21. The molecule has 1 aromatic carbocycles. The number of rotatable bonds is 2. The van der Waals surface area contributed by atoms with Crippen molar-refractivity contribution in [2.45, 2.75) is 23.8 Å². The fourth-order valence-corrected chi connectivity index (χ4v) is 2.29. The smallest absolute Gasteiger partial charge is 0.142 e. The van der Waals surface area contributed by atoms with Gasteiger partial charge in [-0.25, -0.2) is 0 Å². The Hall–Kier alpha value is -2.06. The minimum absolute atomic E-state index is 0.214. The molecule has 0 aliphatic heterocycles. The number of phenols is 1. The van der Waals surface area contributed by atoms with Crippen molar-refractivity contribution >= 4 is 11.8 Å². The Balaban J connectivity index is 2.38. The Morgan fingerprint density at radius 3 is 2.44 bits per heavy atom. The summed E-state index contributed by atoms with van der Waals surface area (Å²) in [5, 5.41) is 27.1. The van der Waals surface area contributed by atoms with E-state index in [0.717, 1.165) is 16.2 Å². The van der Waals surface area contributed by atoms with E-state index >= 15 is 0 Å². The second-order valence-corrected chi connectivity index (χ2v) is 4.86. The predicted molar refractivity (Wildman–Crippen MR) is 68.5 cm³/mol. The SMILES string of the molecule is Cc1nnc(Sc2ccc(O)cc2)c(C#N)c1C. The third-order valence-corrected chi connectivity index (χ3v) is 3.57. The van der Waals surface area contributed by atoms with E-state index in [1.165, 1.54) is 11.8 Å². The van der Waals surface area contributed by atoms with Crippen LogP contribution in [0.25, 0.3) is 0 Å². The number of hydrogen-bond acceptors (Lipinski definition) is 5. The molecule has 0 fully saturated rings. The fraction of sp³-hybridized carbons (Fsp3) is 0.154. The molecule has 5 heteroatoms. The molecule has 90 valence electrons. The first-order valence-electron chi connectivity index (χ1n) is 5.32. The Morgan fingerprint density at radius 1 is 1.17 bits per heavy atom. The Bertz CT molecular complexity index is 617. The molecule has 1 heterocycles. The molecule has 4 nitrogen and oxygen atoms in total. The maximum Gasteiger partial charge on any atom is 0.142 e. The third-order valence-electron chi connectivity index (χ3n) is 2.59. The van der Waals surface area contributed by atoms with Crippen LogP contribution in [0.15, 0.2) is 34.2 Å². The van der Waals surface area contributed by atoms with Gasteiger partial charge in [0.1, 0.15) is 16.8 Å². The molecule has 2 rings (SSSR count). The minimum Gasteiger partial charge on any atom is -0.508 e. The van der Waals surface area contributed by atoms with Crippen molar-refractivity contribution in [3.8, 4) is 11.8 Å². The first-order chi connectivity index (χ1) is 8.61.